The second-order valence-electron chi connectivity index (χ2n) is 4.65. The third-order valence-corrected chi connectivity index (χ3v) is 5.32. The standard InChI is InChI=1S/C14H10BrF4NO3S/c1-23-13(12-10(15)6-20-7-11(12)16)8-2-4-9(5-3-8)24(21,22)14(17,18)19/h2-7,13H,1H3. The Morgan fingerprint density at radius 1 is 1.17 bits per heavy atom. The van der Waals surface area contributed by atoms with Crippen LogP contribution in [0.2, 0.25) is 0 Å². The maximum atomic E-state index is 14.0. The van der Waals surface area contributed by atoms with Crippen molar-refractivity contribution in [3.63, 3.8) is 0 Å². The molecular weight excluding hydrogens is 418 g/mol. The minimum absolute atomic E-state index is 0.0962. The zero-order valence-corrected chi connectivity index (χ0v) is 14.4. The highest BCUT2D eigenvalue weighted by molar-refractivity contribution is 9.10. The number of hydrogen-bond donors (Lipinski definition) is 0. The van der Waals surface area contributed by atoms with Crippen LogP contribution in [0.1, 0.15) is 17.2 Å². The molecule has 0 N–H and O–H groups in total. The maximum Gasteiger partial charge on any atom is 0.501 e. The molecule has 4 nitrogen and oxygen atoms in total. The molecule has 2 aromatic rings. The lowest BCUT2D eigenvalue weighted by Gasteiger charge is -2.18. The summed E-state index contributed by atoms with van der Waals surface area (Å²) in [6.45, 7) is 0. The molecule has 0 aliphatic rings. The lowest BCUT2D eigenvalue weighted by molar-refractivity contribution is -0.0436. The minimum Gasteiger partial charge on any atom is -0.372 e. The predicted molar refractivity (Wildman–Crippen MR) is 80.4 cm³/mol. The van der Waals surface area contributed by atoms with Crippen LogP contribution in [0.25, 0.3) is 0 Å². The number of halogens is 5. The molecular formula is C14H10BrF4NO3S. The van der Waals surface area contributed by atoms with Gasteiger partial charge in [0.05, 0.1) is 11.1 Å². The van der Waals surface area contributed by atoms with Crippen LogP contribution < -0.4 is 0 Å². The van der Waals surface area contributed by atoms with E-state index < -0.39 is 32.2 Å². The highest BCUT2D eigenvalue weighted by atomic mass is 79.9. The molecule has 24 heavy (non-hydrogen) atoms. The van der Waals surface area contributed by atoms with Crippen molar-refractivity contribution in [1.82, 2.24) is 4.98 Å². The van der Waals surface area contributed by atoms with Gasteiger partial charge in [-0.2, -0.15) is 13.2 Å². The molecule has 1 aromatic carbocycles. The van der Waals surface area contributed by atoms with Gasteiger partial charge in [-0.25, -0.2) is 12.8 Å². The van der Waals surface area contributed by atoms with Gasteiger partial charge in [0.15, 0.2) is 0 Å². The van der Waals surface area contributed by atoms with E-state index in [9.17, 15) is 26.0 Å². The van der Waals surface area contributed by atoms with Crippen molar-refractivity contribution >= 4 is 25.8 Å². The maximum absolute atomic E-state index is 14.0. The van der Waals surface area contributed by atoms with Crippen LogP contribution in [-0.2, 0) is 14.6 Å². The normalized spacial score (nSPS) is 13.8. The number of rotatable bonds is 4. The Kier molecular flexibility index (Phi) is 5.31. The van der Waals surface area contributed by atoms with Crippen molar-refractivity contribution in [1.29, 1.82) is 0 Å². The first-order chi connectivity index (χ1) is 11.1. The van der Waals surface area contributed by atoms with E-state index in [1.165, 1.54) is 13.3 Å². The van der Waals surface area contributed by atoms with E-state index in [-0.39, 0.29) is 11.1 Å². The number of methoxy groups -OCH3 is 1. The summed E-state index contributed by atoms with van der Waals surface area (Å²) < 4.78 is 79.8. The van der Waals surface area contributed by atoms with E-state index in [0.29, 0.717) is 4.47 Å². The molecule has 0 fully saturated rings. The van der Waals surface area contributed by atoms with Crippen molar-refractivity contribution < 1.29 is 30.7 Å². The highest BCUT2D eigenvalue weighted by Gasteiger charge is 2.46. The molecule has 0 aliphatic heterocycles. The van der Waals surface area contributed by atoms with Gasteiger partial charge in [-0.3, -0.25) is 4.98 Å². The number of alkyl halides is 3. The first-order valence-electron chi connectivity index (χ1n) is 6.32. The van der Waals surface area contributed by atoms with Gasteiger partial charge in [0.1, 0.15) is 11.9 Å². The van der Waals surface area contributed by atoms with E-state index in [0.717, 1.165) is 30.5 Å². The number of sulfone groups is 1. The average Bonchev–Trinajstić information content (AvgIpc) is 2.50. The second-order valence-corrected chi connectivity index (χ2v) is 7.45. The van der Waals surface area contributed by atoms with E-state index >= 15 is 0 Å². The fraction of sp³-hybridized carbons (Fsp3) is 0.214. The summed E-state index contributed by atoms with van der Waals surface area (Å²) in [5, 5.41) is 0. The van der Waals surface area contributed by atoms with E-state index in [4.69, 9.17) is 4.74 Å². The van der Waals surface area contributed by atoms with Gasteiger partial charge in [0, 0.05) is 23.3 Å². The zero-order chi connectivity index (χ0) is 18.1. The fourth-order valence-corrected chi connectivity index (χ4v) is 3.32. The van der Waals surface area contributed by atoms with E-state index in [2.05, 4.69) is 20.9 Å². The van der Waals surface area contributed by atoms with Crippen LogP contribution in [-0.4, -0.2) is 26.0 Å². The summed E-state index contributed by atoms with van der Waals surface area (Å²) in [6.07, 6.45) is 1.35. The topological polar surface area (TPSA) is 56.3 Å². The minimum atomic E-state index is -5.44. The van der Waals surface area contributed by atoms with Crippen LogP contribution in [0.5, 0.6) is 0 Å². The van der Waals surface area contributed by atoms with Gasteiger partial charge >= 0.3 is 5.51 Å². The van der Waals surface area contributed by atoms with Crippen molar-refractivity contribution in [2.24, 2.45) is 0 Å². The number of pyridine rings is 1. The molecule has 0 radical (unpaired) electrons. The summed E-state index contributed by atoms with van der Waals surface area (Å²) in [4.78, 5) is 2.75. The number of benzene rings is 1. The molecule has 0 aliphatic carbocycles. The lowest BCUT2D eigenvalue weighted by atomic mass is 10.0. The van der Waals surface area contributed by atoms with Crippen molar-refractivity contribution in [3.8, 4) is 0 Å². The Morgan fingerprint density at radius 3 is 2.21 bits per heavy atom. The average molecular weight is 428 g/mol. The molecule has 0 saturated carbocycles. The van der Waals surface area contributed by atoms with E-state index in [1.807, 2.05) is 0 Å². The molecule has 1 aromatic heterocycles. The van der Waals surface area contributed by atoms with Crippen LogP contribution in [0, 0.1) is 5.82 Å². The first kappa shape index (κ1) is 18.8. The predicted octanol–water partition coefficient (Wildman–Crippen LogP) is 4.01. The summed E-state index contributed by atoms with van der Waals surface area (Å²) in [5.74, 6) is -0.678. The first-order valence-corrected chi connectivity index (χ1v) is 8.60. The molecule has 1 heterocycles. The smallest absolute Gasteiger partial charge is 0.372 e. The van der Waals surface area contributed by atoms with Gasteiger partial charge in [-0.1, -0.05) is 12.1 Å². The van der Waals surface area contributed by atoms with Gasteiger partial charge < -0.3 is 4.74 Å². The quantitative estimate of drug-likeness (QED) is 0.691. The molecule has 1 atom stereocenters. The fourth-order valence-electron chi connectivity index (χ4n) is 2.05. The van der Waals surface area contributed by atoms with Gasteiger partial charge in [-0.15, -0.1) is 0 Å². The molecule has 2 rings (SSSR count). The molecule has 10 heteroatoms. The monoisotopic (exact) mass is 427 g/mol. The third kappa shape index (κ3) is 3.45. The van der Waals surface area contributed by atoms with Crippen molar-refractivity contribution in [2.45, 2.75) is 16.5 Å². The zero-order valence-electron chi connectivity index (χ0n) is 12.0. The number of aromatic nitrogens is 1. The second kappa shape index (κ2) is 6.77. The van der Waals surface area contributed by atoms with Crippen LogP contribution in [0.4, 0.5) is 17.6 Å². The Bertz CT molecular complexity index is 818. The molecule has 130 valence electrons. The number of ether oxygens (including phenoxy) is 1. The van der Waals surface area contributed by atoms with Gasteiger partial charge in [0.25, 0.3) is 9.84 Å². The largest absolute Gasteiger partial charge is 0.501 e. The van der Waals surface area contributed by atoms with Crippen LogP contribution in [0.15, 0.2) is 46.0 Å². The SMILES string of the molecule is COC(c1ccc(S(=O)(=O)C(F)(F)F)cc1)c1c(F)cncc1Br. The van der Waals surface area contributed by atoms with E-state index in [1.54, 1.807) is 0 Å². The highest BCUT2D eigenvalue weighted by Crippen LogP contribution is 2.35. The molecule has 0 bridgehead atoms. The summed E-state index contributed by atoms with van der Waals surface area (Å²) in [5.41, 5.74) is -5.02. The van der Waals surface area contributed by atoms with Gasteiger partial charge in [-0.05, 0) is 33.6 Å². The van der Waals surface area contributed by atoms with Crippen molar-refractivity contribution in [3.05, 3.63) is 58.1 Å². The summed E-state index contributed by atoms with van der Waals surface area (Å²) >= 11 is 3.13. The van der Waals surface area contributed by atoms with Gasteiger partial charge in [0.2, 0.25) is 0 Å². The lowest BCUT2D eigenvalue weighted by Crippen LogP contribution is -2.23. The summed E-state index contributed by atoms with van der Waals surface area (Å²) in [7, 11) is -4.15. The van der Waals surface area contributed by atoms with Crippen LogP contribution in [0.3, 0.4) is 0 Å². The Labute approximate surface area is 143 Å². The Balaban J connectivity index is 2.47. The molecule has 0 saturated heterocycles. The Morgan fingerprint density at radius 2 is 1.75 bits per heavy atom. The molecule has 1 unspecified atom stereocenters. The number of hydrogen-bond acceptors (Lipinski definition) is 4. The third-order valence-electron chi connectivity index (χ3n) is 3.19. The van der Waals surface area contributed by atoms with Crippen molar-refractivity contribution in [2.75, 3.05) is 7.11 Å². The summed E-state index contributed by atoms with van der Waals surface area (Å²) in [6, 6.07) is 3.88. The van der Waals surface area contributed by atoms with Crippen LogP contribution >= 0.6 is 15.9 Å². The Hall–Kier alpha value is -1.52. The number of nitrogens with zero attached hydrogens (tertiary/aromatic N) is 1. The molecule has 0 amide bonds. The molecule has 0 spiro atoms.